The van der Waals surface area contributed by atoms with Gasteiger partial charge in [0.15, 0.2) is 6.10 Å². The SMILES string of the molecule is COC(CC(F)(F)F)C(F)(F)F. The molecule has 0 N–H and O–H groups in total. The number of hydrogen-bond donors (Lipinski definition) is 0. The van der Waals surface area contributed by atoms with E-state index in [9.17, 15) is 26.3 Å². The maximum absolute atomic E-state index is 11.6. The minimum Gasteiger partial charge on any atom is -0.372 e. The van der Waals surface area contributed by atoms with Crippen LogP contribution in [0.2, 0.25) is 0 Å². The first-order chi connectivity index (χ1) is 5.17. The fourth-order valence-electron chi connectivity index (χ4n) is 0.543. The fraction of sp³-hybridized carbons (Fsp3) is 1.00. The molecular weight excluding hydrogens is 190 g/mol. The summed E-state index contributed by atoms with van der Waals surface area (Å²) in [6.45, 7) is 0. The second kappa shape index (κ2) is 3.51. The van der Waals surface area contributed by atoms with Crippen molar-refractivity contribution in [3.8, 4) is 0 Å². The summed E-state index contributed by atoms with van der Waals surface area (Å²) in [7, 11) is 0.587. The Morgan fingerprint density at radius 1 is 1.08 bits per heavy atom. The summed E-state index contributed by atoms with van der Waals surface area (Å²) in [4.78, 5) is 0. The van der Waals surface area contributed by atoms with Crippen LogP contribution in [0.25, 0.3) is 0 Å². The predicted octanol–water partition coefficient (Wildman–Crippen LogP) is 2.52. The highest BCUT2D eigenvalue weighted by Crippen LogP contribution is 2.32. The van der Waals surface area contributed by atoms with Crippen LogP contribution < -0.4 is 0 Å². The number of rotatable bonds is 2. The van der Waals surface area contributed by atoms with E-state index >= 15 is 0 Å². The summed E-state index contributed by atoms with van der Waals surface area (Å²) >= 11 is 0. The standard InChI is InChI=1S/C5H6F6O/c1-12-3(5(9,10)11)2-4(6,7)8/h3H,2H2,1H3. The zero-order chi connectivity index (χ0) is 9.99. The highest BCUT2D eigenvalue weighted by atomic mass is 19.4. The number of alkyl halides is 6. The highest BCUT2D eigenvalue weighted by molar-refractivity contribution is 4.70. The van der Waals surface area contributed by atoms with Gasteiger partial charge in [-0.2, -0.15) is 26.3 Å². The van der Waals surface area contributed by atoms with E-state index in [1.807, 2.05) is 0 Å². The molecule has 0 aliphatic carbocycles. The van der Waals surface area contributed by atoms with Crippen LogP contribution >= 0.6 is 0 Å². The van der Waals surface area contributed by atoms with Gasteiger partial charge < -0.3 is 4.74 Å². The molecule has 12 heavy (non-hydrogen) atoms. The number of halogens is 6. The lowest BCUT2D eigenvalue weighted by molar-refractivity contribution is -0.249. The summed E-state index contributed by atoms with van der Waals surface area (Å²) in [6.07, 6.45) is -14.6. The van der Waals surface area contributed by atoms with E-state index in [-0.39, 0.29) is 0 Å². The van der Waals surface area contributed by atoms with E-state index in [0.717, 1.165) is 0 Å². The van der Waals surface area contributed by atoms with Gasteiger partial charge in [-0.1, -0.05) is 0 Å². The van der Waals surface area contributed by atoms with Crippen LogP contribution in [0.5, 0.6) is 0 Å². The highest BCUT2D eigenvalue weighted by Gasteiger charge is 2.46. The van der Waals surface area contributed by atoms with Gasteiger partial charge in [0.1, 0.15) is 0 Å². The molecule has 0 aliphatic heterocycles. The maximum atomic E-state index is 11.6. The Labute approximate surface area is 64.3 Å². The van der Waals surface area contributed by atoms with Crippen LogP contribution in [0.1, 0.15) is 6.42 Å². The van der Waals surface area contributed by atoms with Crippen LogP contribution in [0.3, 0.4) is 0 Å². The average Bonchev–Trinajstić information content (AvgIpc) is 1.78. The van der Waals surface area contributed by atoms with Gasteiger partial charge in [0.05, 0.1) is 6.42 Å². The van der Waals surface area contributed by atoms with Crippen molar-refractivity contribution in [1.82, 2.24) is 0 Å². The fourth-order valence-corrected chi connectivity index (χ4v) is 0.543. The van der Waals surface area contributed by atoms with Crippen molar-refractivity contribution in [1.29, 1.82) is 0 Å². The summed E-state index contributed by atoms with van der Waals surface area (Å²) in [5, 5.41) is 0. The molecule has 0 heterocycles. The molecule has 0 fully saturated rings. The molecule has 0 saturated carbocycles. The minimum absolute atomic E-state index is 0.587. The van der Waals surface area contributed by atoms with Crippen LogP contribution in [0.15, 0.2) is 0 Å². The lowest BCUT2D eigenvalue weighted by Crippen LogP contribution is -2.35. The van der Waals surface area contributed by atoms with Gasteiger partial charge in [0.2, 0.25) is 0 Å². The predicted molar refractivity (Wildman–Crippen MR) is 27.5 cm³/mol. The lowest BCUT2D eigenvalue weighted by Gasteiger charge is -2.19. The molecule has 0 aliphatic rings. The topological polar surface area (TPSA) is 9.23 Å². The van der Waals surface area contributed by atoms with E-state index in [1.165, 1.54) is 0 Å². The zero-order valence-corrected chi connectivity index (χ0v) is 5.96. The van der Waals surface area contributed by atoms with Crippen LogP contribution in [0.4, 0.5) is 26.3 Å². The number of ether oxygens (including phenoxy) is 1. The molecule has 0 radical (unpaired) electrons. The Bertz CT molecular complexity index is 136. The van der Waals surface area contributed by atoms with Crippen molar-refractivity contribution in [3.05, 3.63) is 0 Å². The van der Waals surface area contributed by atoms with Crippen LogP contribution in [-0.2, 0) is 4.74 Å². The number of methoxy groups -OCH3 is 1. The molecule has 0 spiro atoms. The van der Waals surface area contributed by atoms with Crippen molar-refractivity contribution in [2.75, 3.05) is 7.11 Å². The smallest absolute Gasteiger partial charge is 0.372 e. The Hall–Kier alpha value is -0.460. The molecule has 0 amide bonds. The molecule has 0 rings (SSSR count). The molecule has 0 aromatic heterocycles. The monoisotopic (exact) mass is 196 g/mol. The van der Waals surface area contributed by atoms with E-state index in [0.29, 0.717) is 7.11 Å². The minimum atomic E-state index is -4.97. The average molecular weight is 196 g/mol. The first-order valence-corrected chi connectivity index (χ1v) is 2.83. The molecule has 0 bridgehead atoms. The second-order valence-electron chi connectivity index (χ2n) is 2.09. The van der Waals surface area contributed by atoms with Crippen LogP contribution in [-0.4, -0.2) is 25.6 Å². The summed E-state index contributed by atoms with van der Waals surface area (Å²) in [5.74, 6) is 0. The Morgan fingerprint density at radius 3 is 1.58 bits per heavy atom. The normalized spacial score (nSPS) is 16.2. The van der Waals surface area contributed by atoms with Gasteiger partial charge in [-0.05, 0) is 0 Å². The third-order valence-electron chi connectivity index (χ3n) is 1.07. The third-order valence-corrected chi connectivity index (χ3v) is 1.07. The van der Waals surface area contributed by atoms with Crippen LogP contribution in [0, 0.1) is 0 Å². The van der Waals surface area contributed by atoms with E-state index in [1.54, 1.807) is 0 Å². The Morgan fingerprint density at radius 2 is 1.50 bits per heavy atom. The molecule has 0 aromatic rings. The first-order valence-electron chi connectivity index (χ1n) is 2.83. The maximum Gasteiger partial charge on any atom is 0.414 e. The van der Waals surface area contributed by atoms with Gasteiger partial charge >= 0.3 is 12.4 Å². The zero-order valence-electron chi connectivity index (χ0n) is 5.96. The summed E-state index contributed by atoms with van der Waals surface area (Å²) in [5.41, 5.74) is 0. The van der Waals surface area contributed by atoms with E-state index < -0.39 is 24.9 Å². The van der Waals surface area contributed by atoms with Crippen molar-refractivity contribution in [3.63, 3.8) is 0 Å². The third kappa shape index (κ3) is 4.42. The molecule has 74 valence electrons. The molecule has 0 aromatic carbocycles. The first kappa shape index (κ1) is 11.5. The largest absolute Gasteiger partial charge is 0.414 e. The van der Waals surface area contributed by atoms with E-state index in [4.69, 9.17) is 0 Å². The van der Waals surface area contributed by atoms with Crippen molar-refractivity contribution < 1.29 is 31.1 Å². The van der Waals surface area contributed by atoms with Gasteiger partial charge in [-0.3, -0.25) is 0 Å². The van der Waals surface area contributed by atoms with Crippen molar-refractivity contribution in [2.24, 2.45) is 0 Å². The molecule has 1 atom stereocenters. The quantitative estimate of drug-likeness (QED) is 0.616. The van der Waals surface area contributed by atoms with Gasteiger partial charge in [-0.25, -0.2) is 0 Å². The molecule has 1 unspecified atom stereocenters. The van der Waals surface area contributed by atoms with Gasteiger partial charge in [-0.15, -0.1) is 0 Å². The summed E-state index contributed by atoms with van der Waals surface area (Å²) in [6, 6.07) is 0. The molecule has 1 nitrogen and oxygen atoms in total. The number of hydrogen-bond acceptors (Lipinski definition) is 1. The van der Waals surface area contributed by atoms with Gasteiger partial charge in [0.25, 0.3) is 0 Å². The van der Waals surface area contributed by atoms with E-state index in [2.05, 4.69) is 4.74 Å². The molecule has 0 saturated heterocycles. The second-order valence-corrected chi connectivity index (χ2v) is 2.09. The summed E-state index contributed by atoms with van der Waals surface area (Å²) < 4.78 is 72.9. The molecule has 7 heteroatoms. The molecular formula is C5H6F6O. The van der Waals surface area contributed by atoms with Crippen molar-refractivity contribution >= 4 is 0 Å². The van der Waals surface area contributed by atoms with Gasteiger partial charge in [0, 0.05) is 7.11 Å². The lowest BCUT2D eigenvalue weighted by atomic mass is 10.2. The Kier molecular flexibility index (Phi) is 3.37. The van der Waals surface area contributed by atoms with Crippen molar-refractivity contribution in [2.45, 2.75) is 24.9 Å². The Balaban J connectivity index is 4.20.